The average molecular weight is 343 g/mol. The SMILES string of the molecule is CCN(CC)c1ccc(C=C2SC(=NC3CCCC3)NC2=O)cc1. The monoisotopic (exact) mass is 343 g/mol. The molecule has 4 nitrogen and oxygen atoms in total. The lowest BCUT2D eigenvalue weighted by Crippen LogP contribution is -2.21. The predicted octanol–water partition coefficient (Wildman–Crippen LogP) is 4.04. The number of carbonyl (C=O) groups excluding carboxylic acids is 1. The van der Waals surface area contributed by atoms with Crippen molar-refractivity contribution < 1.29 is 4.79 Å². The quantitative estimate of drug-likeness (QED) is 0.821. The van der Waals surface area contributed by atoms with E-state index in [2.05, 4.69) is 53.3 Å². The Kier molecular flexibility index (Phi) is 5.61. The fourth-order valence-electron chi connectivity index (χ4n) is 3.21. The van der Waals surface area contributed by atoms with Gasteiger partial charge in [0.15, 0.2) is 5.17 Å². The molecule has 1 saturated carbocycles. The summed E-state index contributed by atoms with van der Waals surface area (Å²) in [6, 6.07) is 8.76. The Bertz CT molecular complexity index is 641. The number of nitrogens with one attached hydrogen (secondary N) is 1. The molecule has 1 amide bonds. The summed E-state index contributed by atoms with van der Waals surface area (Å²) in [5, 5.41) is 3.66. The van der Waals surface area contributed by atoms with Crippen LogP contribution in [0.2, 0.25) is 0 Å². The Morgan fingerprint density at radius 2 is 1.88 bits per heavy atom. The predicted molar refractivity (Wildman–Crippen MR) is 103 cm³/mol. The number of rotatable bonds is 5. The van der Waals surface area contributed by atoms with Crippen LogP contribution in [0.3, 0.4) is 0 Å². The maximum absolute atomic E-state index is 12.1. The summed E-state index contributed by atoms with van der Waals surface area (Å²) in [6.45, 7) is 6.31. The van der Waals surface area contributed by atoms with Crippen LogP contribution in [0, 0.1) is 0 Å². The van der Waals surface area contributed by atoms with Gasteiger partial charge in [0.2, 0.25) is 0 Å². The topological polar surface area (TPSA) is 44.7 Å². The number of anilines is 1. The van der Waals surface area contributed by atoms with E-state index >= 15 is 0 Å². The summed E-state index contributed by atoms with van der Waals surface area (Å²) >= 11 is 1.46. The van der Waals surface area contributed by atoms with Crippen LogP contribution in [0.25, 0.3) is 6.08 Å². The summed E-state index contributed by atoms with van der Waals surface area (Å²) in [4.78, 5) is 19.8. The standard InChI is InChI=1S/C19H25N3OS/c1-3-22(4-2)16-11-9-14(10-12-16)13-17-18(23)21-19(24-17)20-15-7-5-6-8-15/h9-13,15H,3-8H2,1-2H3,(H,20,21,23). The van der Waals surface area contributed by atoms with Gasteiger partial charge in [0, 0.05) is 18.8 Å². The second kappa shape index (κ2) is 7.88. The van der Waals surface area contributed by atoms with E-state index in [4.69, 9.17) is 0 Å². The molecule has 1 aliphatic carbocycles. The summed E-state index contributed by atoms with van der Waals surface area (Å²) in [5.74, 6) is -0.0374. The Labute approximate surface area is 148 Å². The second-order valence-electron chi connectivity index (χ2n) is 6.20. The molecule has 0 radical (unpaired) electrons. The van der Waals surface area contributed by atoms with Crippen molar-refractivity contribution in [1.82, 2.24) is 5.32 Å². The fraction of sp³-hybridized carbons (Fsp3) is 0.474. The highest BCUT2D eigenvalue weighted by Crippen LogP contribution is 2.29. The third-order valence-corrected chi connectivity index (χ3v) is 5.52. The Hall–Kier alpha value is -1.75. The van der Waals surface area contributed by atoms with Gasteiger partial charge in [-0.25, -0.2) is 0 Å². The van der Waals surface area contributed by atoms with Crippen LogP contribution >= 0.6 is 11.8 Å². The van der Waals surface area contributed by atoms with Crippen molar-refractivity contribution in [2.75, 3.05) is 18.0 Å². The number of benzene rings is 1. The molecule has 2 aliphatic rings. The van der Waals surface area contributed by atoms with Crippen LogP contribution in [0.1, 0.15) is 45.1 Å². The van der Waals surface area contributed by atoms with Gasteiger partial charge in [0.05, 0.1) is 10.9 Å². The minimum atomic E-state index is -0.0374. The maximum atomic E-state index is 12.1. The molecule has 5 heteroatoms. The zero-order valence-corrected chi connectivity index (χ0v) is 15.2. The van der Waals surface area contributed by atoms with Crippen LogP contribution in [0.15, 0.2) is 34.2 Å². The Morgan fingerprint density at radius 3 is 2.50 bits per heavy atom. The normalized spacial score (nSPS) is 21.7. The highest BCUT2D eigenvalue weighted by Gasteiger charge is 2.25. The van der Waals surface area contributed by atoms with Crippen molar-refractivity contribution in [3.05, 3.63) is 34.7 Å². The molecule has 0 unspecified atom stereocenters. The summed E-state index contributed by atoms with van der Waals surface area (Å²) in [5.41, 5.74) is 2.26. The molecule has 0 atom stereocenters. The van der Waals surface area contributed by atoms with Crippen molar-refractivity contribution in [3.63, 3.8) is 0 Å². The maximum Gasteiger partial charge on any atom is 0.264 e. The molecule has 1 saturated heterocycles. The van der Waals surface area contributed by atoms with Crippen LogP contribution < -0.4 is 10.2 Å². The molecule has 0 aromatic heterocycles. The first-order valence-electron chi connectivity index (χ1n) is 8.83. The van der Waals surface area contributed by atoms with Gasteiger partial charge in [-0.05, 0) is 62.2 Å². The summed E-state index contributed by atoms with van der Waals surface area (Å²) in [7, 11) is 0. The van der Waals surface area contributed by atoms with E-state index in [-0.39, 0.29) is 5.91 Å². The smallest absolute Gasteiger partial charge is 0.264 e. The molecule has 0 bridgehead atoms. The lowest BCUT2D eigenvalue weighted by atomic mass is 10.1. The molecule has 1 heterocycles. The molecule has 0 spiro atoms. The van der Waals surface area contributed by atoms with Crippen molar-refractivity contribution in [2.45, 2.75) is 45.6 Å². The number of aliphatic imine (C=N–C) groups is 1. The third kappa shape index (κ3) is 4.01. The Morgan fingerprint density at radius 1 is 1.21 bits per heavy atom. The first-order chi connectivity index (χ1) is 11.7. The zero-order chi connectivity index (χ0) is 16.9. The van der Waals surface area contributed by atoms with Crippen molar-refractivity contribution >= 4 is 34.6 Å². The minimum absolute atomic E-state index is 0.0374. The van der Waals surface area contributed by atoms with Gasteiger partial charge in [0.1, 0.15) is 0 Å². The van der Waals surface area contributed by atoms with Gasteiger partial charge in [0.25, 0.3) is 5.91 Å². The molecular weight excluding hydrogens is 318 g/mol. The van der Waals surface area contributed by atoms with Gasteiger partial charge >= 0.3 is 0 Å². The highest BCUT2D eigenvalue weighted by atomic mass is 32.2. The van der Waals surface area contributed by atoms with Crippen molar-refractivity contribution in [3.8, 4) is 0 Å². The van der Waals surface area contributed by atoms with Gasteiger partial charge in [-0.2, -0.15) is 0 Å². The number of nitrogens with zero attached hydrogens (tertiary/aromatic N) is 2. The molecule has 1 aliphatic heterocycles. The number of amides is 1. The van der Waals surface area contributed by atoms with Gasteiger partial charge < -0.3 is 10.2 Å². The lowest BCUT2D eigenvalue weighted by Gasteiger charge is -2.20. The summed E-state index contributed by atoms with van der Waals surface area (Å²) in [6.07, 6.45) is 6.74. The van der Waals surface area contributed by atoms with Crippen molar-refractivity contribution in [1.29, 1.82) is 0 Å². The van der Waals surface area contributed by atoms with Crippen LogP contribution in [-0.4, -0.2) is 30.2 Å². The number of amidine groups is 1. The number of carbonyl (C=O) groups is 1. The molecule has 3 rings (SSSR count). The van der Waals surface area contributed by atoms with E-state index in [0.29, 0.717) is 6.04 Å². The van der Waals surface area contributed by atoms with E-state index in [1.54, 1.807) is 0 Å². The molecule has 24 heavy (non-hydrogen) atoms. The fourth-order valence-corrected chi connectivity index (χ4v) is 4.10. The zero-order valence-electron chi connectivity index (χ0n) is 14.4. The highest BCUT2D eigenvalue weighted by molar-refractivity contribution is 8.18. The van der Waals surface area contributed by atoms with Crippen molar-refractivity contribution in [2.24, 2.45) is 4.99 Å². The van der Waals surface area contributed by atoms with Gasteiger partial charge in [-0.3, -0.25) is 9.79 Å². The van der Waals surface area contributed by atoms with Gasteiger partial charge in [-0.1, -0.05) is 25.0 Å². The minimum Gasteiger partial charge on any atom is -0.372 e. The molecule has 128 valence electrons. The van der Waals surface area contributed by atoms with E-state index < -0.39 is 0 Å². The van der Waals surface area contributed by atoms with E-state index in [1.807, 2.05) is 6.08 Å². The van der Waals surface area contributed by atoms with Crippen LogP contribution in [0.5, 0.6) is 0 Å². The Balaban J connectivity index is 1.70. The van der Waals surface area contributed by atoms with E-state index in [0.717, 1.165) is 41.6 Å². The van der Waals surface area contributed by atoms with Crippen LogP contribution in [-0.2, 0) is 4.79 Å². The molecule has 2 fully saturated rings. The number of hydrogen-bond acceptors (Lipinski definition) is 4. The number of thioether (sulfide) groups is 1. The molecule has 1 N–H and O–H groups in total. The largest absolute Gasteiger partial charge is 0.372 e. The lowest BCUT2D eigenvalue weighted by molar-refractivity contribution is -0.115. The third-order valence-electron chi connectivity index (χ3n) is 4.59. The number of hydrogen-bond donors (Lipinski definition) is 1. The van der Waals surface area contributed by atoms with Crippen LogP contribution in [0.4, 0.5) is 5.69 Å². The first kappa shape index (κ1) is 17.1. The first-order valence-corrected chi connectivity index (χ1v) is 9.65. The van der Waals surface area contributed by atoms with E-state index in [1.165, 1.54) is 30.3 Å². The molecule has 1 aromatic rings. The molecular formula is C19H25N3OS. The molecule has 1 aromatic carbocycles. The summed E-state index contributed by atoms with van der Waals surface area (Å²) < 4.78 is 0. The van der Waals surface area contributed by atoms with Gasteiger partial charge in [-0.15, -0.1) is 0 Å². The average Bonchev–Trinajstić information content (AvgIpc) is 3.21. The van der Waals surface area contributed by atoms with E-state index in [9.17, 15) is 4.79 Å². The second-order valence-corrected chi connectivity index (χ2v) is 7.23.